The minimum absolute atomic E-state index is 0.0106. The molecule has 0 aliphatic heterocycles. The number of halogens is 4. The molecule has 0 radical (unpaired) electrons. The predicted octanol–water partition coefficient (Wildman–Crippen LogP) is 4.24. The Kier molecular flexibility index (Phi) is 6.96. The third kappa shape index (κ3) is 6.01. The number of benzene rings is 2. The Morgan fingerprint density at radius 1 is 1.00 bits per heavy atom. The lowest BCUT2D eigenvalue weighted by molar-refractivity contribution is -0.111. The monoisotopic (exact) mass is 399 g/mol. The van der Waals surface area contributed by atoms with Gasteiger partial charge in [-0.25, -0.2) is 4.79 Å². The lowest BCUT2D eigenvalue weighted by atomic mass is 10.1. The number of carboxylic acid groups (broad SMARTS) is 1. The van der Waals surface area contributed by atoms with Crippen molar-refractivity contribution in [2.75, 3.05) is 5.32 Å². The highest BCUT2D eigenvalue weighted by Gasteiger charge is 2.13. The summed E-state index contributed by atoms with van der Waals surface area (Å²) in [7, 11) is 0. The van der Waals surface area contributed by atoms with Crippen LogP contribution in [0.4, 0.5) is 23.2 Å². The number of hydrogen-bond donors (Lipinski definition) is 2. The fourth-order valence-corrected chi connectivity index (χ4v) is 2.15. The van der Waals surface area contributed by atoms with E-state index in [0.29, 0.717) is 0 Å². The first kappa shape index (κ1) is 20.7. The van der Waals surface area contributed by atoms with Crippen LogP contribution in [-0.2, 0) is 4.79 Å². The second-order valence-corrected chi connectivity index (χ2v) is 5.13. The molecule has 0 atom stereocenters. The molecule has 0 aliphatic rings. The Morgan fingerprint density at radius 2 is 1.68 bits per heavy atom. The van der Waals surface area contributed by atoms with Crippen molar-refractivity contribution in [1.29, 1.82) is 0 Å². The molecular formula is C18H13F4NO5. The van der Waals surface area contributed by atoms with Crippen molar-refractivity contribution in [1.82, 2.24) is 0 Å². The van der Waals surface area contributed by atoms with Gasteiger partial charge in [-0.2, -0.15) is 17.6 Å². The van der Waals surface area contributed by atoms with Crippen LogP contribution in [0, 0.1) is 0 Å². The van der Waals surface area contributed by atoms with Crippen LogP contribution in [0.5, 0.6) is 11.5 Å². The van der Waals surface area contributed by atoms with Gasteiger partial charge in [0.1, 0.15) is 11.5 Å². The molecule has 0 aliphatic carbocycles. The number of carbonyl (C=O) groups excluding carboxylic acids is 1. The number of para-hydroxylation sites is 1. The second kappa shape index (κ2) is 9.40. The fraction of sp³-hybridized carbons (Fsp3) is 0.111. The largest absolute Gasteiger partial charge is 0.478 e. The predicted molar refractivity (Wildman–Crippen MR) is 90.8 cm³/mol. The number of carbonyl (C=O) groups is 2. The first-order valence-electron chi connectivity index (χ1n) is 7.61. The molecule has 2 aromatic carbocycles. The van der Waals surface area contributed by atoms with E-state index in [0.717, 1.165) is 30.4 Å². The molecule has 0 spiro atoms. The highest BCUT2D eigenvalue weighted by Crippen LogP contribution is 2.28. The highest BCUT2D eigenvalue weighted by atomic mass is 19.3. The van der Waals surface area contributed by atoms with Gasteiger partial charge in [0, 0.05) is 17.7 Å². The van der Waals surface area contributed by atoms with E-state index in [-0.39, 0.29) is 16.8 Å². The Labute approximate surface area is 156 Å². The standard InChI is InChI=1S/C18H13F4NO5/c19-17(20)27-11-7-5-10(14(9-11)28-18(21)22)6-8-15(24)23-13-4-2-1-3-12(13)16(25)26/h1-9,17-18H,(H,23,24)(H,25,26)/b8-6+. The molecule has 2 aromatic rings. The van der Waals surface area contributed by atoms with E-state index >= 15 is 0 Å². The first-order valence-corrected chi connectivity index (χ1v) is 7.61. The topological polar surface area (TPSA) is 84.9 Å². The number of hydrogen-bond acceptors (Lipinski definition) is 4. The van der Waals surface area contributed by atoms with E-state index < -0.39 is 36.6 Å². The summed E-state index contributed by atoms with van der Waals surface area (Å²) in [6.07, 6.45) is 2.04. The smallest absolute Gasteiger partial charge is 0.387 e. The van der Waals surface area contributed by atoms with Crippen molar-refractivity contribution in [3.8, 4) is 11.5 Å². The van der Waals surface area contributed by atoms with Crippen LogP contribution in [0.3, 0.4) is 0 Å². The molecule has 0 saturated carbocycles. The first-order chi connectivity index (χ1) is 13.3. The SMILES string of the molecule is O=C(/C=C/c1ccc(OC(F)F)cc1OC(F)F)Nc1ccccc1C(=O)O. The van der Waals surface area contributed by atoms with Gasteiger partial charge in [0.2, 0.25) is 5.91 Å². The van der Waals surface area contributed by atoms with Crippen molar-refractivity contribution in [3.05, 3.63) is 59.7 Å². The highest BCUT2D eigenvalue weighted by molar-refractivity contribution is 6.06. The molecule has 0 saturated heterocycles. The molecule has 10 heteroatoms. The average Bonchev–Trinajstić information content (AvgIpc) is 2.60. The lowest BCUT2D eigenvalue weighted by Gasteiger charge is -2.11. The van der Waals surface area contributed by atoms with E-state index in [4.69, 9.17) is 5.11 Å². The molecule has 148 valence electrons. The molecule has 2 rings (SSSR count). The molecule has 0 fully saturated rings. The zero-order chi connectivity index (χ0) is 20.7. The van der Waals surface area contributed by atoms with Crippen LogP contribution < -0.4 is 14.8 Å². The molecule has 0 aromatic heterocycles. The normalized spacial score (nSPS) is 11.1. The Hall–Kier alpha value is -3.56. The van der Waals surface area contributed by atoms with E-state index in [9.17, 15) is 27.2 Å². The molecule has 0 bridgehead atoms. The number of amides is 1. The number of rotatable bonds is 8. The van der Waals surface area contributed by atoms with Gasteiger partial charge in [0.05, 0.1) is 11.3 Å². The average molecular weight is 399 g/mol. The molecule has 2 N–H and O–H groups in total. The number of anilines is 1. The van der Waals surface area contributed by atoms with Crippen LogP contribution in [0.25, 0.3) is 6.08 Å². The Balaban J connectivity index is 2.20. The van der Waals surface area contributed by atoms with Gasteiger partial charge in [-0.1, -0.05) is 12.1 Å². The lowest BCUT2D eigenvalue weighted by Crippen LogP contribution is -2.12. The summed E-state index contributed by atoms with van der Waals surface area (Å²) in [5.41, 5.74) is -0.113. The van der Waals surface area contributed by atoms with Crippen LogP contribution in [0.15, 0.2) is 48.5 Å². The quantitative estimate of drug-likeness (QED) is 0.512. The zero-order valence-corrected chi connectivity index (χ0v) is 13.9. The maximum Gasteiger partial charge on any atom is 0.387 e. The van der Waals surface area contributed by atoms with Crippen LogP contribution in [0.1, 0.15) is 15.9 Å². The second-order valence-electron chi connectivity index (χ2n) is 5.13. The van der Waals surface area contributed by atoms with Crippen LogP contribution >= 0.6 is 0 Å². The molecule has 1 amide bonds. The molecule has 28 heavy (non-hydrogen) atoms. The summed E-state index contributed by atoms with van der Waals surface area (Å²) in [4.78, 5) is 23.1. The minimum Gasteiger partial charge on any atom is -0.478 e. The number of ether oxygens (including phenoxy) is 2. The summed E-state index contributed by atoms with van der Waals surface area (Å²) in [6.45, 7) is -6.38. The van der Waals surface area contributed by atoms with Crippen LogP contribution in [-0.4, -0.2) is 30.2 Å². The van der Waals surface area contributed by atoms with Crippen molar-refractivity contribution in [2.45, 2.75) is 13.2 Å². The maximum absolute atomic E-state index is 12.5. The van der Waals surface area contributed by atoms with Crippen molar-refractivity contribution in [3.63, 3.8) is 0 Å². The van der Waals surface area contributed by atoms with Gasteiger partial charge in [0.15, 0.2) is 0 Å². The summed E-state index contributed by atoms with van der Waals surface area (Å²) in [5, 5.41) is 11.4. The van der Waals surface area contributed by atoms with Crippen LogP contribution in [0.2, 0.25) is 0 Å². The number of aromatic carboxylic acids is 1. The van der Waals surface area contributed by atoms with Crippen molar-refractivity contribution in [2.24, 2.45) is 0 Å². The third-order valence-electron chi connectivity index (χ3n) is 3.26. The summed E-state index contributed by atoms with van der Waals surface area (Å²) < 4.78 is 57.9. The summed E-state index contributed by atoms with van der Waals surface area (Å²) in [6, 6.07) is 8.71. The maximum atomic E-state index is 12.5. The van der Waals surface area contributed by atoms with E-state index in [1.807, 2.05) is 0 Å². The third-order valence-corrected chi connectivity index (χ3v) is 3.26. The van der Waals surface area contributed by atoms with Gasteiger partial charge >= 0.3 is 19.2 Å². The van der Waals surface area contributed by atoms with Crippen molar-refractivity contribution < 1.29 is 41.7 Å². The van der Waals surface area contributed by atoms with E-state index in [2.05, 4.69) is 14.8 Å². The molecule has 0 unspecified atom stereocenters. The van der Waals surface area contributed by atoms with E-state index in [1.165, 1.54) is 24.3 Å². The molecular weight excluding hydrogens is 386 g/mol. The number of carboxylic acids is 1. The van der Waals surface area contributed by atoms with Gasteiger partial charge in [0.25, 0.3) is 0 Å². The summed E-state index contributed by atoms with van der Waals surface area (Å²) in [5.74, 6) is -2.88. The van der Waals surface area contributed by atoms with E-state index in [1.54, 1.807) is 0 Å². The van der Waals surface area contributed by atoms with Gasteiger partial charge < -0.3 is 19.9 Å². The number of alkyl halides is 4. The minimum atomic E-state index is -3.23. The molecule has 0 heterocycles. The number of nitrogens with one attached hydrogen (secondary N) is 1. The fourth-order valence-electron chi connectivity index (χ4n) is 2.15. The molecule has 6 nitrogen and oxygen atoms in total. The van der Waals surface area contributed by atoms with Gasteiger partial charge in [-0.3, -0.25) is 4.79 Å². The summed E-state index contributed by atoms with van der Waals surface area (Å²) >= 11 is 0. The zero-order valence-electron chi connectivity index (χ0n) is 13.9. The van der Waals surface area contributed by atoms with Gasteiger partial charge in [-0.15, -0.1) is 0 Å². The van der Waals surface area contributed by atoms with Crippen molar-refractivity contribution >= 4 is 23.6 Å². The van der Waals surface area contributed by atoms with Gasteiger partial charge in [-0.05, 0) is 30.3 Å². The Bertz CT molecular complexity index is 886. The Morgan fingerprint density at radius 3 is 2.32 bits per heavy atom.